The van der Waals surface area contributed by atoms with Gasteiger partial charge in [-0.25, -0.2) is 0 Å². The minimum atomic E-state index is -2.97. The molecule has 0 spiro atoms. The van der Waals surface area contributed by atoms with Crippen LogP contribution in [0.5, 0.6) is 0 Å². The Kier molecular flexibility index (Phi) is 17.1. The van der Waals surface area contributed by atoms with Crippen molar-refractivity contribution >= 4 is 23.9 Å². The number of esters is 4. The number of hydrogen-bond donors (Lipinski definition) is 5. The quantitative estimate of drug-likeness (QED) is 0.0707. The second kappa shape index (κ2) is 19.7. The van der Waals surface area contributed by atoms with E-state index in [9.17, 15) is 44.7 Å². The van der Waals surface area contributed by atoms with E-state index < -0.39 is 98.2 Å². The van der Waals surface area contributed by atoms with Gasteiger partial charge in [0.15, 0.2) is 18.5 Å². The molecule has 2 saturated heterocycles. The minimum Gasteiger partial charge on any atom is -0.457 e. The summed E-state index contributed by atoms with van der Waals surface area (Å²) in [5, 5.41) is 53.7. The highest BCUT2D eigenvalue weighted by Gasteiger charge is 2.65. The molecule has 16 heteroatoms. The first-order valence-corrected chi connectivity index (χ1v) is 16.6. The Balaban J connectivity index is 2.33. The lowest BCUT2D eigenvalue weighted by molar-refractivity contribution is -0.395. The summed E-state index contributed by atoms with van der Waals surface area (Å²) >= 11 is 0. The van der Waals surface area contributed by atoms with Gasteiger partial charge in [0, 0.05) is 26.7 Å². The number of hydrogen-bond acceptors (Lipinski definition) is 16. The van der Waals surface area contributed by atoms with Crippen molar-refractivity contribution in [1.82, 2.24) is 0 Å². The van der Waals surface area contributed by atoms with Crippen molar-refractivity contribution in [3.8, 4) is 0 Å². The van der Waals surface area contributed by atoms with Gasteiger partial charge in [0.05, 0.1) is 13.2 Å². The van der Waals surface area contributed by atoms with Crippen LogP contribution in [0.3, 0.4) is 0 Å². The molecular weight excluding hydrogens is 640 g/mol. The van der Waals surface area contributed by atoms with Gasteiger partial charge >= 0.3 is 23.9 Å². The summed E-state index contributed by atoms with van der Waals surface area (Å²) in [5.74, 6) is -5.70. The number of ether oxygens (including phenoxy) is 7. The zero-order valence-electron chi connectivity index (χ0n) is 28.6. The summed E-state index contributed by atoms with van der Waals surface area (Å²) in [6, 6.07) is 0. The molecule has 2 aliphatic heterocycles. The fourth-order valence-corrected chi connectivity index (χ4v) is 5.42. The fraction of sp³-hybridized carbons (Fsp3) is 0.875. The van der Waals surface area contributed by atoms with Crippen LogP contribution < -0.4 is 0 Å². The lowest BCUT2D eigenvalue weighted by Crippen LogP contribution is -2.64. The predicted molar refractivity (Wildman–Crippen MR) is 163 cm³/mol. The van der Waals surface area contributed by atoms with E-state index in [1.54, 1.807) is 0 Å². The zero-order valence-corrected chi connectivity index (χ0v) is 28.6. The molecule has 48 heavy (non-hydrogen) atoms. The first kappa shape index (κ1) is 41.7. The Labute approximate surface area is 280 Å². The van der Waals surface area contributed by atoms with Gasteiger partial charge in [-0.15, -0.1) is 0 Å². The second-order valence-electron chi connectivity index (χ2n) is 12.6. The Morgan fingerprint density at radius 1 is 0.771 bits per heavy atom. The van der Waals surface area contributed by atoms with E-state index in [1.165, 1.54) is 0 Å². The van der Waals surface area contributed by atoms with Gasteiger partial charge in [0.1, 0.15) is 24.4 Å². The third-order valence-electron chi connectivity index (χ3n) is 8.66. The number of carbonyl (C=O) groups is 4. The van der Waals surface area contributed by atoms with Crippen LogP contribution in [0.1, 0.15) is 92.9 Å². The Morgan fingerprint density at radius 2 is 1.31 bits per heavy atom. The van der Waals surface area contributed by atoms with Gasteiger partial charge in [-0.05, 0) is 24.7 Å². The molecule has 0 bridgehead atoms. The van der Waals surface area contributed by atoms with Crippen LogP contribution in [-0.4, -0.2) is 124 Å². The standard InChI is InChI=1S/C32H54O16/c1-7-17(3)11-9-13-23(37)45-27-21(15-33)44-30(26(40)25(27)39)47-31(43-20(6)36)32(41)29(28(42-19(5)35)22(16-34)48-32)46-24(38)14-10-12-18(4)8-2/h17-18,21-22,25-31,33-34,39-41H,7-16H2,1-6H3/t17?,18?,21-,22-,25-,26-,27-,28-,29+,30-,31?,32+/m1/s1. The highest BCUT2D eigenvalue weighted by Crippen LogP contribution is 2.40. The maximum Gasteiger partial charge on any atom is 0.306 e. The monoisotopic (exact) mass is 694 g/mol. The van der Waals surface area contributed by atoms with Crippen LogP contribution in [-0.2, 0) is 52.3 Å². The lowest BCUT2D eigenvalue weighted by atomic mass is 9.98. The number of rotatable bonds is 19. The van der Waals surface area contributed by atoms with Crippen molar-refractivity contribution in [3.05, 3.63) is 0 Å². The number of carbonyl (C=O) groups excluding carboxylic acids is 4. The van der Waals surface area contributed by atoms with Crippen LogP contribution >= 0.6 is 0 Å². The SMILES string of the molecule is CCC(C)CCCC(=O)O[C@H]1[C@H](O)[C@@H](O)[C@@H](OC(OC(C)=O)[C@@]2(O)O[C@H](CO)[C@@H](OC(C)=O)[C@@H]2OC(=O)CCCC(C)CC)O[C@@H]1CO. The van der Waals surface area contributed by atoms with Gasteiger partial charge in [-0.2, -0.15) is 0 Å². The predicted octanol–water partition coefficient (Wildman–Crippen LogP) is 0.599. The van der Waals surface area contributed by atoms with Crippen molar-refractivity contribution in [2.24, 2.45) is 11.8 Å². The Morgan fingerprint density at radius 3 is 1.79 bits per heavy atom. The van der Waals surface area contributed by atoms with Crippen LogP contribution in [0.2, 0.25) is 0 Å². The highest BCUT2D eigenvalue weighted by molar-refractivity contribution is 5.70. The van der Waals surface area contributed by atoms with E-state index in [1.807, 2.05) is 27.7 Å². The maximum atomic E-state index is 12.9. The van der Waals surface area contributed by atoms with Crippen molar-refractivity contribution in [2.45, 2.75) is 154 Å². The molecule has 2 heterocycles. The summed E-state index contributed by atoms with van der Waals surface area (Å²) in [5.41, 5.74) is 0. The summed E-state index contributed by atoms with van der Waals surface area (Å²) in [4.78, 5) is 49.6. The molecule has 0 aliphatic carbocycles. The molecule has 0 amide bonds. The van der Waals surface area contributed by atoms with E-state index >= 15 is 0 Å². The summed E-state index contributed by atoms with van der Waals surface area (Å²) < 4.78 is 38.1. The van der Waals surface area contributed by atoms with Gasteiger partial charge in [0.2, 0.25) is 6.10 Å². The average Bonchev–Trinajstić information content (AvgIpc) is 3.29. The van der Waals surface area contributed by atoms with Crippen molar-refractivity contribution in [1.29, 1.82) is 0 Å². The van der Waals surface area contributed by atoms with Crippen molar-refractivity contribution in [2.75, 3.05) is 13.2 Å². The topological polar surface area (TPSA) is 234 Å². The average molecular weight is 695 g/mol. The van der Waals surface area contributed by atoms with E-state index in [0.29, 0.717) is 31.1 Å². The van der Waals surface area contributed by atoms with Crippen molar-refractivity contribution in [3.63, 3.8) is 0 Å². The second-order valence-corrected chi connectivity index (χ2v) is 12.6. The number of aliphatic hydroxyl groups excluding tert-OH is 4. The molecule has 0 aromatic heterocycles. The smallest absolute Gasteiger partial charge is 0.306 e. The molecule has 0 radical (unpaired) electrons. The molecule has 2 aliphatic rings. The minimum absolute atomic E-state index is 0.0217. The third-order valence-corrected chi connectivity index (χ3v) is 8.66. The molecule has 0 aromatic carbocycles. The fourth-order valence-electron chi connectivity index (χ4n) is 5.42. The molecule has 16 nitrogen and oxygen atoms in total. The molecule has 12 atom stereocenters. The van der Waals surface area contributed by atoms with Crippen LogP contribution in [0.4, 0.5) is 0 Å². The summed E-state index contributed by atoms with van der Waals surface area (Å²) in [6.07, 6.45) is -12.0. The van der Waals surface area contributed by atoms with E-state index in [-0.39, 0.29) is 12.8 Å². The normalized spacial score (nSPS) is 32.1. The highest BCUT2D eigenvalue weighted by atomic mass is 16.8. The first-order chi connectivity index (χ1) is 22.6. The van der Waals surface area contributed by atoms with Gasteiger partial charge in [-0.1, -0.05) is 53.4 Å². The van der Waals surface area contributed by atoms with Gasteiger partial charge in [-0.3, -0.25) is 19.2 Å². The third kappa shape index (κ3) is 11.6. The molecule has 2 fully saturated rings. The van der Waals surface area contributed by atoms with E-state index in [2.05, 4.69) is 0 Å². The molecule has 0 saturated carbocycles. The lowest BCUT2D eigenvalue weighted by Gasteiger charge is -2.43. The first-order valence-electron chi connectivity index (χ1n) is 16.6. The molecule has 2 rings (SSSR count). The molecule has 0 aromatic rings. The van der Waals surface area contributed by atoms with Crippen LogP contribution in [0.25, 0.3) is 0 Å². The molecular formula is C32H54O16. The van der Waals surface area contributed by atoms with Crippen LogP contribution in [0.15, 0.2) is 0 Å². The summed E-state index contributed by atoms with van der Waals surface area (Å²) in [7, 11) is 0. The maximum absolute atomic E-state index is 12.9. The van der Waals surface area contributed by atoms with Crippen LogP contribution in [0, 0.1) is 11.8 Å². The van der Waals surface area contributed by atoms with E-state index in [4.69, 9.17) is 33.2 Å². The largest absolute Gasteiger partial charge is 0.457 e. The summed E-state index contributed by atoms with van der Waals surface area (Å²) in [6.45, 7) is 8.40. The van der Waals surface area contributed by atoms with Gasteiger partial charge < -0.3 is 58.7 Å². The zero-order chi connectivity index (χ0) is 36.2. The Hall–Kier alpha value is -2.44. The molecule has 3 unspecified atom stereocenters. The molecule has 5 N–H and O–H groups in total. The van der Waals surface area contributed by atoms with Crippen molar-refractivity contribution < 1.29 is 77.9 Å². The molecule has 278 valence electrons. The Bertz CT molecular complexity index is 1040. The van der Waals surface area contributed by atoms with E-state index in [0.717, 1.165) is 33.1 Å². The number of aliphatic hydroxyl groups is 5. The van der Waals surface area contributed by atoms with Gasteiger partial charge in [0.25, 0.3) is 12.1 Å².